The van der Waals surface area contributed by atoms with Crippen LogP contribution < -0.4 is 10.3 Å². The molecule has 1 atom stereocenters. The van der Waals surface area contributed by atoms with Crippen LogP contribution in [0, 0.1) is 0 Å². The van der Waals surface area contributed by atoms with Gasteiger partial charge in [0.1, 0.15) is 18.5 Å². The lowest BCUT2D eigenvalue weighted by molar-refractivity contribution is -0.0000774. The van der Waals surface area contributed by atoms with Crippen molar-refractivity contribution in [1.82, 2.24) is 9.88 Å². The summed E-state index contributed by atoms with van der Waals surface area (Å²) in [5, 5.41) is 0.916. The van der Waals surface area contributed by atoms with Crippen LogP contribution in [0.15, 0.2) is 29.1 Å². The predicted molar refractivity (Wildman–Crippen MR) is 86.4 cm³/mol. The molecule has 1 amide bonds. The number of rotatable bonds is 1. The van der Waals surface area contributed by atoms with E-state index in [0.717, 1.165) is 22.2 Å². The van der Waals surface area contributed by atoms with Crippen molar-refractivity contribution in [2.24, 2.45) is 0 Å². The fraction of sp³-hybridized carbons (Fsp3) is 0.412. The quantitative estimate of drug-likeness (QED) is 0.852. The number of benzene rings is 1. The lowest BCUT2D eigenvalue weighted by Gasteiger charge is -2.30. The van der Waals surface area contributed by atoms with Gasteiger partial charge in [0.25, 0.3) is 0 Å². The number of morpholine rings is 1. The van der Waals surface area contributed by atoms with E-state index in [1.54, 1.807) is 11.0 Å². The number of hydrogen-bond acceptors (Lipinski definition) is 5. The molecule has 24 heavy (non-hydrogen) atoms. The molecule has 0 radical (unpaired) electrons. The molecular formula is C17H18N2O5. The number of hydrogen-bond donors (Lipinski definition) is 1. The summed E-state index contributed by atoms with van der Waals surface area (Å²) in [5.41, 5.74) is 1.56. The van der Waals surface area contributed by atoms with Gasteiger partial charge in [-0.2, -0.15) is 0 Å². The highest BCUT2D eigenvalue weighted by molar-refractivity contribution is 5.84. The second-order valence-electron chi connectivity index (χ2n) is 5.95. The Morgan fingerprint density at radius 2 is 2.04 bits per heavy atom. The predicted octanol–water partition coefficient (Wildman–Crippen LogP) is 1.30. The van der Waals surface area contributed by atoms with Gasteiger partial charge in [0.15, 0.2) is 0 Å². The van der Waals surface area contributed by atoms with Crippen molar-refractivity contribution in [2.45, 2.75) is 12.5 Å². The maximum Gasteiger partial charge on any atom is 0.410 e. The van der Waals surface area contributed by atoms with Gasteiger partial charge in [-0.3, -0.25) is 4.79 Å². The molecule has 1 aromatic heterocycles. The minimum atomic E-state index is -0.342. The Kier molecular flexibility index (Phi) is 3.86. The number of pyridine rings is 1. The summed E-state index contributed by atoms with van der Waals surface area (Å²) in [6.45, 7) is 2.51. The number of aromatic nitrogens is 1. The maximum atomic E-state index is 12.2. The average Bonchev–Trinajstić information content (AvgIpc) is 2.62. The highest BCUT2D eigenvalue weighted by atomic mass is 16.6. The van der Waals surface area contributed by atoms with Gasteiger partial charge < -0.3 is 24.1 Å². The van der Waals surface area contributed by atoms with E-state index < -0.39 is 0 Å². The Morgan fingerprint density at radius 3 is 2.88 bits per heavy atom. The first-order valence-electron chi connectivity index (χ1n) is 8.02. The molecule has 3 heterocycles. The van der Waals surface area contributed by atoms with E-state index in [9.17, 15) is 9.59 Å². The van der Waals surface area contributed by atoms with Crippen LogP contribution in [0.4, 0.5) is 4.79 Å². The van der Waals surface area contributed by atoms with E-state index in [4.69, 9.17) is 14.2 Å². The van der Waals surface area contributed by atoms with Crippen molar-refractivity contribution < 1.29 is 19.0 Å². The molecule has 1 saturated heterocycles. The number of nitrogens with zero attached hydrogens (tertiary/aromatic N) is 1. The third-order valence-electron chi connectivity index (χ3n) is 4.37. The third kappa shape index (κ3) is 2.82. The first kappa shape index (κ1) is 15.0. The van der Waals surface area contributed by atoms with Crippen LogP contribution in [0.2, 0.25) is 0 Å². The molecule has 7 nitrogen and oxygen atoms in total. The highest BCUT2D eigenvalue weighted by Gasteiger charge is 2.27. The van der Waals surface area contributed by atoms with Crippen LogP contribution in [-0.2, 0) is 15.9 Å². The zero-order valence-corrected chi connectivity index (χ0v) is 13.1. The molecule has 0 aliphatic carbocycles. The molecular weight excluding hydrogens is 312 g/mol. The number of amides is 1. The van der Waals surface area contributed by atoms with Gasteiger partial charge in [0.2, 0.25) is 5.56 Å². The summed E-state index contributed by atoms with van der Waals surface area (Å²) >= 11 is 0. The standard InChI is InChI=1S/C17H18N2O5/c20-16-4-1-12-13-9-11(10-23-15(13)3-2-14(12)18-16)24-17(21)19-5-7-22-8-6-19/h1-4,11H,5-10H2,(H,18,20). The Morgan fingerprint density at radius 1 is 1.21 bits per heavy atom. The molecule has 0 bridgehead atoms. The number of nitrogens with one attached hydrogen (secondary N) is 1. The van der Waals surface area contributed by atoms with Gasteiger partial charge in [-0.05, 0) is 18.2 Å². The lowest BCUT2D eigenvalue weighted by Crippen LogP contribution is -2.43. The van der Waals surface area contributed by atoms with Gasteiger partial charge in [-0.15, -0.1) is 0 Å². The normalized spacial score (nSPS) is 20.3. The van der Waals surface area contributed by atoms with Gasteiger partial charge >= 0.3 is 6.09 Å². The second kappa shape index (κ2) is 6.16. The third-order valence-corrected chi connectivity index (χ3v) is 4.37. The molecule has 2 aliphatic rings. The fourth-order valence-electron chi connectivity index (χ4n) is 3.13. The largest absolute Gasteiger partial charge is 0.489 e. The number of carbonyl (C=O) groups is 1. The first-order chi connectivity index (χ1) is 11.7. The molecule has 2 aliphatic heterocycles. The molecule has 0 saturated carbocycles. The van der Waals surface area contributed by atoms with Crippen molar-refractivity contribution in [3.63, 3.8) is 0 Å². The Hall–Kier alpha value is -2.54. The van der Waals surface area contributed by atoms with E-state index in [1.165, 1.54) is 6.07 Å². The molecule has 0 spiro atoms. The first-order valence-corrected chi connectivity index (χ1v) is 8.02. The van der Waals surface area contributed by atoms with Crippen LogP contribution in [0.25, 0.3) is 10.9 Å². The van der Waals surface area contributed by atoms with Crippen molar-refractivity contribution in [3.8, 4) is 5.75 Å². The molecule has 1 fully saturated rings. The van der Waals surface area contributed by atoms with Crippen molar-refractivity contribution >= 4 is 17.0 Å². The van der Waals surface area contributed by atoms with Gasteiger partial charge in [-0.25, -0.2) is 4.79 Å². The average molecular weight is 330 g/mol. The minimum Gasteiger partial charge on any atom is -0.489 e. The summed E-state index contributed by atoms with van der Waals surface area (Å²) in [6.07, 6.45) is -0.108. The van der Waals surface area contributed by atoms with E-state index >= 15 is 0 Å². The molecule has 1 unspecified atom stereocenters. The van der Waals surface area contributed by atoms with Crippen LogP contribution in [0.5, 0.6) is 5.75 Å². The zero-order chi connectivity index (χ0) is 16.5. The number of ether oxygens (including phenoxy) is 3. The number of fused-ring (bicyclic) bond motifs is 3. The number of aromatic amines is 1. The summed E-state index contributed by atoms with van der Waals surface area (Å²) in [4.78, 5) is 28.2. The smallest absolute Gasteiger partial charge is 0.410 e. The monoisotopic (exact) mass is 330 g/mol. The maximum absolute atomic E-state index is 12.2. The molecule has 1 aromatic carbocycles. The lowest BCUT2D eigenvalue weighted by atomic mass is 9.99. The van der Waals surface area contributed by atoms with Crippen molar-refractivity contribution in [1.29, 1.82) is 0 Å². The Bertz CT molecular complexity index is 825. The minimum absolute atomic E-state index is 0.144. The molecule has 2 aromatic rings. The van der Waals surface area contributed by atoms with Crippen molar-refractivity contribution in [3.05, 3.63) is 40.2 Å². The number of H-pyrrole nitrogens is 1. The van der Waals surface area contributed by atoms with Gasteiger partial charge in [0.05, 0.1) is 13.2 Å². The SMILES string of the molecule is O=C(OC1COc2ccc3[nH]c(=O)ccc3c2C1)N1CCOCC1. The number of carbonyl (C=O) groups excluding carboxylic acids is 1. The Balaban J connectivity index is 1.54. The van der Waals surface area contributed by atoms with E-state index in [0.29, 0.717) is 39.3 Å². The summed E-state index contributed by atoms with van der Waals surface area (Å²) in [5.74, 6) is 0.772. The van der Waals surface area contributed by atoms with Gasteiger partial charge in [-0.1, -0.05) is 0 Å². The Labute approximate surface area is 138 Å². The zero-order valence-electron chi connectivity index (χ0n) is 13.1. The van der Waals surface area contributed by atoms with Crippen LogP contribution in [-0.4, -0.2) is 55.0 Å². The van der Waals surface area contributed by atoms with Gasteiger partial charge in [0, 0.05) is 42.0 Å². The summed E-state index contributed by atoms with van der Waals surface area (Å²) in [6, 6.07) is 6.94. The molecule has 126 valence electrons. The van der Waals surface area contributed by atoms with Crippen molar-refractivity contribution in [2.75, 3.05) is 32.9 Å². The molecule has 7 heteroatoms. The van der Waals surface area contributed by atoms with E-state index in [2.05, 4.69) is 4.98 Å². The van der Waals surface area contributed by atoms with E-state index in [1.807, 2.05) is 12.1 Å². The summed E-state index contributed by atoms with van der Waals surface area (Å²) < 4.78 is 16.6. The fourth-order valence-corrected chi connectivity index (χ4v) is 3.13. The van der Waals surface area contributed by atoms with Crippen LogP contribution >= 0.6 is 0 Å². The molecule has 1 N–H and O–H groups in total. The van der Waals surface area contributed by atoms with Crippen LogP contribution in [0.3, 0.4) is 0 Å². The topological polar surface area (TPSA) is 80.9 Å². The second-order valence-corrected chi connectivity index (χ2v) is 5.95. The van der Waals surface area contributed by atoms with Crippen LogP contribution in [0.1, 0.15) is 5.56 Å². The highest BCUT2D eigenvalue weighted by Crippen LogP contribution is 2.31. The van der Waals surface area contributed by atoms with E-state index in [-0.39, 0.29) is 17.8 Å². The summed E-state index contributed by atoms with van der Waals surface area (Å²) in [7, 11) is 0. The molecule has 4 rings (SSSR count).